The van der Waals surface area contributed by atoms with Crippen molar-refractivity contribution in [3.8, 4) is 11.3 Å². The average Bonchev–Trinajstić information content (AvgIpc) is 3.15. The standard InChI is InChI=1S/C15H17ClN4O2/c16-11-3-1-9(2-4-11)14-12(7-19-20-14)15(22)18-6-10-5-17-8-13(10)21/h1-4,7,10,13,17,21H,5-6,8H2,(H,18,22)(H,19,20). The van der Waals surface area contributed by atoms with Crippen molar-refractivity contribution in [2.45, 2.75) is 6.10 Å². The van der Waals surface area contributed by atoms with Crippen molar-refractivity contribution < 1.29 is 9.90 Å². The molecule has 1 amide bonds. The summed E-state index contributed by atoms with van der Waals surface area (Å²) in [5, 5.41) is 23.1. The predicted molar refractivity (Wildman–Crippen MR) is 83.7 cm³/mol. The van der Waals surface area contributed by atoms with Crippen LogP contribution in [0.5, 0.6) is 0 Å². The van der Waals surface area contributed by atoms with Crippen LogP contribution in [-0.4, -0.2) is 46.9 Å². The molecule has 4 N–H and O–H groups in total. The summed E-state index contributed by atoms with van der Waals surface area (Å²) in [6, 6.07) is 7.19. The monoisotopic (exact) mass is 320 g/mol. The van der Waals surface area contributed by atoms with Crippen molar-refractivity contribution in [3.05, 3.63) is 41.0 Å². The smallest absolute Gasteiger partial charge is 0.255 e. The molecule has 0 aliphatic carbocycles. The van der Waals surface area contributed by atoms with Gasteiger partial charge in [-0.25, -0.2) is 0 Å². The van der Waals surface area contributed by atoms with E-state index in [2.05, 4.69) is 20.8 Å². The number of nitrogens with zero attached hydrogens (tertiary/aromatic N) is 1. The molecule has 7 heteroatoms. The fraction of sp³-hybridized carbons (Fsp3) is 0.333. The summed E-state index contributed by atoms with van der Waals surface area (Å²) >= 11 is 5.88. The van der Waals surface area contributed by atoms with Gasteiger partial charge in [-0.3, -0.25) is 9.89 Å². The molecule has 2 aromatic rings. The Labute approximate surface area is 132 Å². The maximum absolute atomic E-state index is 12.3. The maximum atomic E-state index is 12.3. The van der Waals surface area contributed by atoms with Crippen LogP contribution in [0.3, 0.4) is 0 Å². The summed E-state index contributed by atoms with van der Waals surface area (Å²) in [4.78, 5) is 12.3. The summed E-state index contributed by atoms with van der Waals surface area (Å²) < 4.78 is 0. The summed E-state index contributed by atoms with van der Waals surface area (Å²) in [7, 11) is 0. The Morgan fingerprint density at radius 3 is 2.82 bits per heavy atom. The summed E-state index contributed by atoms with van der Waals surface area (Å²) in [5.74, 6) is -0.173. The normalized spacial score (nSPS) is 21.0. The zero-order chi connectivity index (χ0) is 15.5. The van der Waals surface area contributed by atoms with E-state index in [1.807, 2.05) is 12.1 Å². The number of aromatic amines is 1. The lowest BCUT2D eigenvalue weighted by molar-refractivity contribution is 0.0928. The van der Waals surface area contributed by atoms with Crippen molar-refractivity contribution in [1.82, 2.24) is 20.8 Å². The van der Waals surface area contributed by atoms with Crippen molar-refractivity contribution in [3.63, 3.8) is 0 Å². The Morgan fingerprint density at radius 1 is 1.36 bits per heavy atom. The minimum atomic E-state index is -0.416. The minimum Gasteiger partial charge on any atom is -0.391 e. The second kappa shape index (κ2) is 6.48. The van der Waals surface area contributed by atoms with Gasteiger partial charge in [-0.2, -0.15) is 5.10 Å². The van der Waals surface area contributed by atoms with Gasteiger partial charge in [0.15, 0.2) is 0 Å². The Morgan fingerprint density at radius 2 is 2.14 bits per heavy atom. The molecule has 0 saturated carbocycles. The molecule has 0 spiro atoms. The topological polar surface area (TPSA) is 90.0 Å². The molecule has 0 radical (unpaired) electrons. The molecule has 1 aliphatic rings. The molecule has 3 rings (SSSR count). The van der Waals surface area contributed by atoms with Gasteiger partial charge in [-0.15, -0.1) is 0 Å². The van der Waals surface area contributed by atoms with Crippen LogP contribution in [0.25, 0.3) is 11.3 Å². The number of amides is 1. The number of halogens is 1. The fourth-order valence-electron chi connectivity index (χ4n) is 2.54. The van der Waals surface area contributed by atoms with E-state index in [0.717, 1.165) is 5.56 Å². The van der Waals surface area contributed by atoms with Gasteiger partial charge in [0.2, 0.25) is 0 Å². The largest absolute Gasteiger partial charge is 0.391 e. The first kappa shape index (κ1) is 15.0. The number of carbonyl (C=O) groups is 1. The van der Waals surface area contributed by atoms with Gasteiger partial charge in [-0.1, -0.05) is 23.7 Å². The number of β-amino-alcohol motifs (C(OH)–C–C–N with tert-alkyl or cyclic N) is 1. The number of hydrogen-bond acceptors (Lipinski definition) is 4. The molecule has 0 bridgehead atoms. The molecule has 2 atom stereocenters. The van der Waals surface area contributed by atoms with E-state index in [9.17, 15) is 9.90 Å². The van der Waals surface area contributed by atoms with Crippen LogP contribution < -0.4 is 10.6 Å². The Bertz CT molecular complexity index is 656. The molecular weight excluding hydrogens is 304 g/mol. The molecule has 116 valence electrons. The minimum absolute atomic E-state index is 0.0369. The van der Waals surface area contributed by atoms with Gasteiger partial charge in [-0.05, 0) is 12.1 Å². The number of nitrogens with one attached hydrogen (secondary N) is 3. The number of aromatic nitrogens is 2. The Balaban J connectivity index is 1.71. The van der Waals surface area contributed by atoms with Crippen molar-refractivity contribution in [1.29, 1.82) is 0 Å². The highest BCUT2D eigenvalue weighted by Gasteiger charge is 2.25. The number of H-pyrrole nitrogens is 1. The molecular formula is C15H17ClN4O2. The molecule has 2 heterocycles. The summed E-state index contributed by atoms with van der Waals surface area (Å²) in [5.41, 5.74) is 1.97. The highest BCUT2D eigenvalue weighted by Crippen LogP contribution is 2.23. The first-order valence-corrected chi connectivity index (χ1v) is 7.49. The molecule has 6 nitrogen and oxygen atoms in total. The van der Waals surface area contributed by atoms with E-state index in [4.69, 9.17) is 11.6 Å². The SMILES string of the molecule is O=C(NCC1CNCC1O)c1cn[nH]c1-c1ccc(Cl)cc1. The number of rotatable bonds is 4. The van der Waals surface area contributed by atoms with Crippen molar-refractivity contribution in [2.75, 3.05) is 19.6 Å². The fourth-order valence-corrected chi connectivity index (χ4v) is 2.67. The first-order chi connectivity index (χ1) is 10.6. The zero-order valence-corrected chi connectivity index (χ0v) is 12.6. The van der Waals surface area contributed by atoms with Crippen molar-refractivity contribution >= 4 is 17.5 Å². The van der Waals surface area contributed by atoms with Crippen LogP contribution in [0.15, 0.2) is 30.5 Å². The van der Waals surface area contributed by atoms with E-state index in [0.29, 0.717) is 35.9 Å². The van der Waals surface area contributed by atoms with Crippen LogP contribution in [0.1, 0.15) is 10.4 Å². The zero-order valence-electron chi connectivity index (χ0n) is 11.8. The summed E-state index contributed by atoms with van der Waals surface area (Å²) in [6.45, 7) is 1.71. The number of aliphatic hydroxyl groups is 1. The van der Waals surface area contributed by atoms with E-state index < -0.39 is 6.10 Å². The summed E-state index contributed by atoms with van der Waals surface area (Å²) in [6.07, 6.45) is 1.09. The second-order valence-corrected chi connectivity index (χ2v) is 5.80. The third-order valence-corrected chi connectivity index (χ3v) is 4.10. The molecule has 22 heavy (non-hydrogen) atoms. The average molecular weight is 321 g/mol. The van der Waals surface area contributed by atoms with E-state index in [-0.39, 0.29) is 11.8 Å². The van der Waals surface area contributed by atoms with Crippen LogP contribution in [-0.2, 0) is 0 Å². The third-order valence-electron chi connectivity index (χ3n) is 3.85. The number of benzene rings is 1. The highest BCUT2D eigenvalue weighted by atomic mass is 35.5. The first-order valence-electron chi connectivity index (χ1n) is 7.11. The molecule has 1 aromatic heterocycles. The number of hydrogen-bond donors (Lipinski definition) is 4. The van der Waals surface area contributed by atoms with E-state index >= 15 is 0 Å². The highest BCUT2D eigenvalue weighted by molar-refractivity contribution is 6.30. The Kier molecular flexibility index (Phi) is 4.42. The van der Waals surface area contributed by atoms with Gasteiger partial charge in [0.25, 0.3) is 5.91 Å². The predicted octanol–water partition coefficient (Wildman–Crippen LogP) is 1.04. The van der Waals surface area contributed by atoms with Gasteiger partial charge in [0.05, 0.1) is 23.6 Å². The molecule has 1 aliphatic heterocycles. The van der Waals surface area contributed by atoms with Gasteiger partial charge < -0.3 is 15.7 Å². The quantitative estimate of drug-likeness (QED) is 0.677. The number of aliphatic hydroxyl groups excluding tert-OH is 1. The maximum Gasteiger partial charge on any atom is 0.255 e. The molecule has 1 fully saturated rings. The van der Waals surface area contributed by atoms with Crippen LogP contribution in [0, 0.1) is 5.92 Å². The lowest BCUT2D eigenvalue weighted by Gasteiger charge is -2.14. The van der Waals surface area contributed by atoms with Gasteiger partial charge in [0.1, 0.15) is 0 Å². The lowest BCUT2D eigenvalue weighted by atomic mass is 10.1. The molecule has 1 aromatic carbocycles. The second-order valence-electron chi connectivity index (χ2n) is 5.36. The Hall–Kier alpha value is -1.89. The lowest BCUT2D eigenvalue weighted by Crippen LogP contribution is -2.34. The van der Waals surface area contributed by atoms with E-state index in [1.54, 1.807) is 12.1 Å². The van der Waals surface area contributed by atoms with Gasteiger partial charge >= 0.3 is 0 Å². The molecule has 1 saturated heterocycles. The van der Waals surface area contributed by atoms with Gasteiger partial charge in [0, 0.05) is 36.1 Å². The van der Waals surface area contributed by atoms with Crippen LogP contribution in [0.4, 0.5) is 0 Å². The van der Waals surface area contributed by atoms with Crippen molar-refractivity contribution in [2.24, 2.45) is 5.92 Å². The van der Waals surface area contributed by atoms with Crippen LogP contribution in [0.2, 0.25) is 5.02 Å². The third kappa shape index (κ3) is 3.14. The van der Waals surface area contributed by atoms with E-state index in [1.165, 1.54) is 6.20 Å². The van der Waals surface area contributed by atoms with Crippen LogP contribution >= 0.6 is 11.6 Å². The molecule has 2 unspecified atom stereocenters. The number of carbonyl (C=O) groups excluding carboxylic acids is 1.